The van der Waals surface area contributed by atoms with Crippen molar-refractivity contribution in [3.8, 4) is 6.01 Å². The minimum absolute atomic E-state index is 0.126. The topological polar surface area (TPSA) is 72.3 Å². The number of carbonyl (C=O) groups is 1. The maximum absolute atomic E-state index is 10.8. The van der Waals surface area contributed by atoms with Gasteiger partial charge in [0.25, 0.3) is 0 Å². The Balaban J connectivity index is 2.06. The third kappa shape index (κ3) is 2.93. The summed E-state index contributed by atoms with van der Waals surface area (Å²) in [6.07, 6.45) is 7.17. The van der Waals surface area contributed by atoms with E-state index in [4.69, 9.17) is 9.84 Å². The molecule has 1 aromatic heterocycles. The second-order valence-corrected chi connectivity index (χ2v) is 4.33. The van der Waals surface area contributed by atoms with Crippen LogP contribution < -0.4 is 4.74 Å². The van der Waals surface area contributed by atoms with Crippen molar-refractivity contribution in [2.45, 2.75) is 45.1 Å². The lowest BCUT2D eigenvalue weighted by atomic mass is 9.98. The Hall–Kier alpha value is -1.65. The molecule has 0 unspecified atom stereocenters. The van der Waals surface area contributed by atoms with Crippen LogP contribution in [0, 0.1) is 6.92 Å². The van der Waals surface area contributed by atoms with Gasteiger partial charge in [0, 0.05) is 6.20 Å². The highest BCUT2D eigenvalue weighted by Crippen LogP contribution is 2.21. The van der Waals surface area contributed by atoms with Crippen LogP contribution in [0.3, 0.4) is 0 Å². The molecule has 1 heterocycles. The number of aromatic nitrogens is 2. The van der Waals surface area contributed by atoms with E-state index in [2.05, 4.69) is 9.97 Å². The van der Waals surface area contributed by atoms with E-state index in [0.717, 1.165) is 12.8 Å². The second kappa shape index (κ2) is 5.12. The van der Waals surface area contributed by atoms with Crippen LogP contribution in [0.1, 0.15) is 48.2 Å². The molecule has 0 atom stereocenters. The molecule has 1 aliphatic rings. The number of aromatic carboxylic acids is 1. The summed E-state index contributed by atoms with van der Waals surface area (Å²) in [7, 11) is 0. The number of rotatable bonds is 3. The van der Waals surface area contributed by atoms with E-state index in [1.807, 2.05) is 0 Å². The zero-order valence-electron chi connectivity index (χ0n) is 9.85. The number of ether oxygens (including phenoxy) is 1. The van der Waals surface area contributed by atoms with Crippen LogP contribution in [-0.2, 0) is 0 Å². The molecule has 5 nitrogen and oxygen atoms in total. The molecule has 17 heavy (non-hydrogen) atoms. The van der Waals surface area contributed by atoms with Gasteiger partial charge < -0.3 is 9.84 Å². The molecule has 0 bridgehead atoms. The zero-order valence-corrected chi connectivity index (χ0v) is 9.85. The fourth-order valence-electron chi connectivity index (χ4n) is 2.04. The fraction of sp³-hybridized carbons (Fsp3) is 0.583. The monoisotopic (exact) mass is 236 g/mol. The van der Waals surface area contributed by atoms with Crippen molar-refractivity contribution in [1.82, 2.24) is 9.97 Å². The third-order valence-corrected chi connectivity index (χ3v) is 3.01. The standard InChI is InChI=1S/C12H16N2O3/c1-8-10(11(15)16)7-13-12(14-8)17-9-5-3-2-4-6-9/h7,9H,2-6H2,1H3,(H,15,16). The summed E-state index contributed by atoms with van der Waals surface area (Å²) in [5.74, 6) is -1.01. The number of nitrogens with zero attached hydrogens (tertiary/aromatic N) is 2. The van der Waals surface area contributed by atoms with Crippen LogP contribution in [0.4, 0.5) is 0 Å². The molecule has 5 heteroatoms. The molecule has 0 radical (unpaired) electrons. The summed E-state index contributed by atoms with van der Waals surface area (Å²) in [4.78, 5) is 18.8. The molecule has 0 aromatic carbocycles. The maximum Gasteiger partial charge on any atom is 0.339 e. The average molecular weight is 236 g/mol. The van der Waals surface area contributed by atoms with Gasteiger partial charge in [0.15, 0.2) is 0 Å². The van der Waals surface area contributed by atoms with E-state index in [0.29, 0.717) is 11.7 Å². The van der Waals surface area contributed by atoms with E-state index in [-0.39, 0.29) is 11.7 Å². The van der Waals surface area contributed by atoms with Gasteiger partial charge in [-0.1, -0.05) is 6.42 Å². The SMILES string of the molecule is Cc1nc(OC2CCCCC2)ncc1C(=O)O. The summed E-state index contributed by atoms with van der Waals surface area (Å²) in [5.41, 5.74) is 0.569. The molecule has 1 aromatic rings. The molecule has 0 amide bonds. The maximum atomic E-state index is 10.8. The normalized spacial score (nSPS) is 16.8. The lowest BCUT2D eigenvalue weighted by molar-refractivity contribution is 0.0694. The van der Waals surface area contributed by atoms with E-state index in [1.165, 1.54) is 25.5 Å². The predicted molar refractivity (Wildman–Crippen MR) is 61.2 cm³/mol. The van der Waals surface area contributed by atoms with E-state index in [1.54, 1.807) is 6.92 Å². The van der Waals surface area contributed by atoms with Crippen molar-refractivity contribution in [3.63, 3.8) is 0 Å². The Morgan fingerprint density at radius 3 is 2.71 bits per heavy atom. The van der Waals surface area contributed by atoms with E-state index < -0.39 is 5.97 Å². The Morgan fingerprint density at radius 2 is 2.12 bits per heavy atom. The summed E-state index contributed by atoms with van der Waals surface area (Å²) in [6.45, 7) is 1.65. The molecule has 1 fully saturated rings. The molecule has 1 N–H and O–H groups in total. The molecular weight excluding hydrogens is 220 g/mol. The van der Waals surface area contributed by atoms with Gasteiger partial charge in [0.1, 0.15) is 6.10 Å². The van der Waals surface area contributed by atoms with Crippen molar-refractivity contribution in [3.05, 3.63) is 17.5 Å². The highest BCUT2D eigenvalue weighted by Gasteiger charge is 2.17. The lowest BCUT2D eigenvalue weighted by Crippen LogP contribution is -2.21. The first-order chi connectivity index (χ1) is 8.16. The molecule has 2 rings (SSSR count). The van der Waals surface area contributed by atoms with Crippen molar-refractivity contribution >= 4 is 5.97 Å². The van der Waals surface area contributed by atoms with E-state index >= 15 is 0 Å². The van der Waals surface area contributed by atoms with Crippen molar-refractivity contribution in [2.75, 3.05) is 0 Å². The summed E-state index contributed by atoms with van der Waals surface area (Å²) in [6, 6.07) is 0.291. The third-order valence-electron chi connectivity index (χ3n) is 3.01. The molecule has 92 valence electrons. The van der Waals surface area contributed by atoms with Gasteiger partial charge in [-0.2, -0.15) is 4.98 Å². The first-order valence-electron chi connectivity index (χ1n) is 5.90. The molecule has 0 saturated heterocycles. The minimum atomic E-state index is -1.01. The molecule has 1 aliphatic carbocycles. The highest BCUT2D eigenvalue weighted by molar-refractivity contribution is 5.88. The van der Waals surface area contributed by atoms with Crippen LogP contribution in [0.2, 0.25) is 0 Å². The van der Waals surface area contributed by atoms with Crippen molar-refractivity contribution < 1.29 is 14.6 Å². The summed E-state index contributed by atoms with van der Waals surface area (Å²) >= 11 is 0. The Kier molecular flexibility index (Phi) is 3.56. The van der Waals surface area contributed by atoms with Gasteiger partial charge in [-0.15, -0.1) is 0 Å². The second-order valence-electron chi connectivity index (χ2n) is 4.33. The van der Waals surface area contributed by atoms with Crippen LogP contribution in [0.25, 0.3) is 0 Å². The van der Waals surface area contributed by atoms with Gasteiger partial charge in [-0.05, 0) is 32.6 Å². The number of hydrogen-bond donors (Lipinski definition) is 1. The Bertz CT molecular complexity index is 414. The smallest absolute Gasteiger partial charge is 0.339 e. The van der Waals surface area contributed by atoms with Crippen LogP contribution in [0.5, 0.6) is 6.01 Å². The lowest BCUT2D eigenvalue weighted by Gasteiger charge is -2.21. The predicted octanol–water partition coefficient (Wildman–Crippen LogP) is 2.19. The molecule has 0 aliphatic heterocycles. The van der Waals surface area contributed by atoms with Gasteiger partial charge >= 0.3 is 12.0 Å². The van der Waals surface area contributed by atoms with Gasteiger partial charge in [-0.25, -0.2) is 9.78 Å². The first kappa shape index (κ1) is 11.8. The van der Waals surface area contributed by atoms with Crippen molar-refractivity contribution in [1.29, 1.82) is 0 Å². The molecule has 1 saturated carbocycles. The van der Waals surface area contributed by atoms with Gasteiger partial charge in [-0.3, -0.25) is 0 Å². The van der Waals surface area contributed by atoms with Crippen LogP contribution in [-0.4, -0.2) is 27.1 Å². The van der Waals surface area contributed by atoms with Gasteiger partial charge in [0.2, 0.25) is 0 Å². The van der Waals surface area contributed by atoms with Crippen LogP contribution >= 0.6 is 0 Å². The van der Waals surface area contributed by atoms with Gasteiger partial charge in [0.05, 0.1) is 11.3 Å². The quantitative estimate of drug-likeness (QED) is 0.870. The largest absolute Gasteiger partial charge is 0.478 e. The highest BCUT2D eigenvalue weighted by atomic mass is 16.5. The molecular formula is C12H16N2O3. The fourth-order valence-corrected chi connectivity index (χ4v) is 2.04. The number of carboxylic acid groups (broad SMARTS) is 1. The van der Waals surface area contributed by atoms with E-state index in [9.17, 15) is 4.79 Å². The summed E-state index contributed by atoms with van der Waals surface area (Å²) in [5, 5.41) is 8.86. The average Bonchev–Trinajstić information content (AvgIpc) is 2.30. The zero-order chi connectivity index (χ0) is 12.3. The Labute approximate surface area is 99.9 Å². The summed E-state index contributed by atoms with van der Waals surface area (Å²) < 4.78 is 5.66. The molecule has 0 spiro atoms. The number of hydrogen-bond acceptors (Lipinski definition) is 4. The Morgan fingerprint density at radius 1 is 1.41 bits per heavy atom. The first-order valence-corrected chi connectivity index (χ1v) is 5.90. The van der Waals surface area contributed by atoms with Crippen molar-refractivity contribution in [2.24, 2.45) is 0 Å². The van der Waals surface area contributed by atoms with Crippen LogP contribution in [0.15, 0.2) is 6.20 Å². The number of carboxylic acids is 1. The minimum Gasteiger partial charge on any atom is -0.478 e. The number of aryl methyl sites for hydroxylation is 1.